The van der Waals surface area contributed by atoms with E-state index in [2.05, 4.69) is 0 Å². The number of benzene rings is 1. The summed E-state index contributed by atoms with van der Waals surface area (Å²) in [6.07, 6.45) is 0.840. The standard InChI is InChI=1S/C13H15NO3/c1-9(2)7-8-17-14-12(15)10-5-3-4-6-11(10)13(14)16/h3-7,12,15H,8H2,1-2H3. The van der Waals surface area contributed by atoms with Crippen molar-refractivity contribution in [1.82, 2.24) is 5.06 Å². The van der Waals surface area contributed by atoms with Crippen LogP contribution in [-0.4, -0.2) is 22.7 Å². The zero-order chi connectivity index (χ0) is 12.4. The van der Waals surface area contributed by atoms with Gasteiger partial charge in [-0.25, -0.2) is 0 Å². The molecule has 0 fully saturated rings. The minimum atomic E-state index is -1.01. The molecule has 0 bridgehead atoms. The number of amides is 1. The van der Waals surface area contributed by atoms with Crippen LogP contribution in [0, 0.1) is 0 Å². The summed E-state index contributed by atoms with van der Waals surface area (Å²) in [6, 6.07) is 6.96. The van der Waals surface area contributed by atoms with Crippen LogP contribution in [0.25, 0.3) is 0 Å². The van der Waals surface area contributed by atoms with Crippen LogP contribution in [0.3, 0.4) is 0 Å². The lowest BCUT2D eigenvalue weighted by atomic mass is 10.1. The summed E-state index contributed by atoms with van der Waals surface area (Å²) in [4.78, 5) is 17.2. The molecule has 1 aromatic rings. The fraction of sp³-hybridized carbons (Fsp3) is 0.308. The summed E-state index contributed by atoms with van der Waals surface area (Å²) >= 11 is 0. The van der Waals surface area contributed by atoms with Gasteiger partial charge in [0.2, 0.25) is 0 Å². The van der Waals surface area contributed by atoms with E-state index in [1.54, 1.807) is 24.3 Å². The van der Waals surface area contributed by atoms with Crippen molar-refractivity contribution in [2.24, 2.45) is 0 Å². The topological polar surface area (TPSA) is 49.8 Å². The van der Waals surface area contributed by atoms with E-state index >= 15 is 0 Å². The predicted molar refractivity (Wildman–Crippen MR) is 63.0 cm³/mol. The number of hydroxylamine groups is 2. The molecule has 90 valence electrons. The number of carbonyl (C=O) groups excluding carboxylic acids is 1. The minimum Gasteiger partial charge on any atom is -0.367 e. The van der Waals surface area contributed by atoms with Crippen LogP contribution in [-0.2, 0) is 4.84 Å². The van der Waals surface area contributed by atoms with E-state index in [9.17, 15) is 9.90 Å². The third kappa shape index (κ3) is 2.23. The molecular weight excluding hydrogens is 218 g/mol. The van der Waals surface area contributed by atoms with Crippen molar-refractivity contribution < 1.29 is 14.7 Å². The highest BCUT2D eigenvalue weighted by Crippen LogP contribution is 2.31. The van der Waals surface area contributed by atoms with Crippen LogP contribution in [0.2, 0.25) is 0 Å². The molecule has 1 N–H and O–H groups in total. The lowest BCUT2D eigenvalue weighted by Crippen LogP contribution is -2.28. The number of hydrogen-bond donors (Lipinski definition) is 1. The molecule has 0 aromatic heterocycles. The molecule has 4 nitrogen and oxygen atoms in total. The first-order valence-electron chi connectivity index (χ1n) is 5.48. The normalized spacial score (nSPS) is 18.2. The molecular formula is C13H15NO3. The molecule has 1 aliphatic heterocycles. The summed E-state index contributed by atoms with van der Waals surface area (Å²) in [6.45, 7) is 4.17. The van der Waals surface area contributed by atoms with Crippen molar-refractivity contribution >= 4 is 5.91 Å². The van der Waals surface area contributed by atoms with Crippen molar-refractivity contribution in [2.75, 3.05) is 6.61 Å². The number of aliphatic hydroxyl groups is 1. The number of nitrogens with zero attached hydrogens (tertiary/aromatic N) is 1. The van der Waals surface area contributed by atoms with Gasteiger partial charge in [-0.1, -0.05) is 29.8 Å². The SMILES string of the molecule is CC(C)=CCON1C(=O)c2ccccc2C1O. The zero-order valence-electron chi connectivity index (χ0n) is 9.88. The molecule has 1 aromatic carbocycles. The van der Waals surface area contributed by atoms with Crippen LogP contribution >= 0.6 is 0 Å². The molecule has 0 spiro atoms. The Balaban J connectivity index is 2.13. The molecule has 1 atom stereocenters. The molecule has 1 heterocycles. The van der Waals surface area contributed by atoms with E-state index in [-0.39, 0.29) is 12.5 Å². The maximum atomic E-state index is 11.9. The van der Waals surface area contributed by atoms with Gasteiger partial charge in [-0.2, -0.15) is 5.06 Å². The Morgan fingerprint density at radius 1 is 1.47 bits per heavy atom. The van der Waals surface area contributed by atoms with Gasteiger partial charge in [0.05, 0.1) is 6.61 Å². The van der Waals surface area contributed by atoms with E-state index in [0.29, 0.717) is 11.1 Å². The van der Waals surface area contributed by atoms with Crippen molar-refractivity contribution in [3.63, 3.8) is 0 Å². The molecule has 4 heteroatoms. The predicted octanol–water partition coefficient (Wildman–Crippen LogP) is 2.03. The van der Waals surface area contributed by atoms with Crippen LogP contribution in [0.1, 0.15) is 36.0 Å². The van der Waals surface area contributed by atoms with Crippen LogP contribution < -0.4 is 0 Å². The van der Waals surface area contributed by atoms with Crippen molar-refractivity contribution in [1.29, 1.82) is 0 Å². The van der Waals surface area contributed by atoms with Crippen molar-refractivity contribution in [3.05, 3.63) is 47.0 Å². The van der Waals surface area contributed by atoms with Gasteiger partial charge >= 0.3 is 0 Å². The Labute approximate surface area is 100 Å². The van der Waals surface area contributed by atoms with E-state index in [0.717, 1.165) is 10.6 Å². The Bertz CT molecular complexity index is 463. The van der Waals surface area contributed by atoms with Crippen LogP contribution in [0.4, 0.5) is 0 Å². The average Bonchev–Trinajstić information content (AvgIpc) is 2.54. The lowest BCUT2D eigenvalue weighted by Gasteiger charge is -2.18. The molecule has 1 amide bonds. The summed E-state index contributed by atoms with van der Waals surface area (Å²) in [5, 5.41) is 11.0. The number of allylic oxidation sites excluding steroid dienone is 1. The second kappa shape index (κ2) is 4.69. The molecule has 0 radical (unpaired) electrons. The fourth-order valence-electron chi connectivity index (χ4n) is 1.69. The fourth-order valence-corrected chi connectivity index (χ4v) is 1.69. The third-order valence-electron chi connectivity index (χ3n) is 2.60. The number of fused-ring (bicyclic) bond motifs is 1. The van der Waals surface area contributed by atoms with Gasteiger partial charge < -0.3 is 5.11 Å². The summed E-state index contributed by atoms with van der Waals surface area (Å²) < 4.78 is 0. The van der Waals surface area contributed by atoms with Gasteiger partial charge in [-0.15, -0.1) is 0 Å². The van der Waals surface area contributed by atoms with E-state index in [4.69, 9.17) is 4.84 Å². The quantitative estimate of drug-likeness (QED) is 0.813. The number of aliphatic hydroxyl groups excluding tert-OH is 1. The largest absolute Gasteiger partial charge is 0.367 e. The molecule has 17 heavy (non-hydrogen) atoms. The van der Waals surface area contributed by atoms with Crippen LogP contribution in [0.15, 0.2) is 35.9 Å². The molecule has 0 saturated carbocycles. The maximum absolute atomic E-state index is 11.9. The van der Waals surface area contributed by atoms with Crippen LogP contribution in [0.5, 0.6) is 0 Å². The first kappa shape index (κ1) is 11.8. The van der Waals surface area contributed by atoms with Crippen molar-refractivity contribution in [3.8, 4) is 0 Å². The lowest BCUT2D eigenvalue weighted by molar-refractivity contribution is -0.190. The Hall–Kier alpha value is -1.65. The highest BCUT2D eigenvalue weighted by atomic mass is 16.7. The van der Waals surface area contributed by atoms with Gasteiger partial charge in [0.15, 0.2) is 6.23 Å². The second-order valence-corrected chi connectivity index (χ2v) is 4.17. The summed E-state index contributed by atoms with van der Waals surface area (Å²) in [7, 11) is 0. The number of hydrogen-bond acceptors (Lipinski definition) is 3. The van der Waals surface area contributed by atoms with Crippen molar-refractivity contribution in [2.45, 2.75) is 20.1 Å². The Morgan fingerprint density at radius 2 is 2.18 bits per heavy atom. The average molecular weight is 233 g/mol. The number of rotatable bonds is 3. The molecule has 2 rings (SSSR count). The smallest absolute Gasteiger partial charge is 0.280 e. The van der Waals surface area contributed by atoms with Gasteiger partial charge in [0.1, 0.15) is 0 Å². The third-order valence-corrected chi connectivity index (χ3v) is 2.60. The van der Waals surface area contributed by atoms with Gasteiger partial charge in [-0.05, 0) is 19.9 Å². The second-order valence-electron chi connectivity index (χ2n) is 4.17. The summed E-state index contributed by atoms with van der Waals surface area (Å²) in [5.41, 5.74) is 2.19. The minimum absolute atomic E-state index is 0.277. The zero-order valence-corrected chi connectivity index (χ0v) is 9.88. The van der Waals surface area contributed by atoms with Gasteiger partial charge in [0.25, 0.3) is 5.91 Å². The maximum Gasteiger partial charge on any atom is 0.280 e. The first-order valence-corrected chi connectivity index (χ1v) is 5.48. The van der Waals surface area contributed by atoms with E-state index < -0.39 is 6.23 Å². The highest BCUT2D eigenvalue weighted by molar-refractivity contribution is 5.98. The van der Waals surface area contributed by atoms with E-state index in [1.807, 2.05) is 19.9 Å². The molecule has 1 unspecified atom stereocenters. The van der Waals surface area contributed by atoms with E-state index in [1.165, 1.54) is 0 Å². The molecule has 0 aliphatic carbocycles. The molecule has 1 aliphatic rings. The number of carbonyl (C=O) groups is 1. The Kier molecular flexibility index (Phi) is 3.26. The summed E-state index contributed by atoms with van der Waals surface area (Å²) in [5.74, 6) is -0.296. The molecule has 0 saturated heterocycles. The van der Waals surface area contributed by atoms with Gasteiger partial charge in [-0.3, -0.25) is 9.63 Å². The highest BCUT2D eigenvalue weighted by Gasteiger charge is 2.36. The monoisotopic (exact) mass is 233 g/mol. The first-order chi connectivity index (χ1) is 8.11. The Morgan fingerprint density at radius 3 is 2.82 bits per heavy atom. The van der Waals surface area contributed by atoms with Gasteiger partial charge in [0, 0.05) is 11.1 Å².